The van der Waals surface area contributed by atoms with Gasteiger partial charge in [0.15, 0.2) is 3.23 Å². The van der Waals surface area contributed by atoms with Gasteiger partial charge in [-0.15, -0.1) is 0 Å². The maximum Gasteiger partial charge on any atom is 0.256 e. The minimum Gasteiger partial charge on any atom is -0.323 e. The van der Waals surface area contributed by atoms with E-state index in [4.69, 9.17) is 11.6 Å². The van der Waals surface area contributed by atoms with E-state index in [2.05, 4.69) is 37.2 Å². The van der Waals surface area contributed by atoms with Gasteiger partial charge in [0.25, 0.3) is 5.91 Å². The first-order chi connectivity index (χ1) is 6.01. The van der Waals surface area contributed by atoms with E-state index in [0.717, 1.165) is 11.3 Å². The van der Waals surface area contributed by atoms with Crippen molar-refractivity contribution in [2.24, 2.45) is 0 Å². The first kappa shape index (κ1) is 9.49. The Labute approximate surface area is 96.9 Å². The molecule has 0 aliphatic carbocycles. The molecule has 1 aliphatic heterocycles. The first-order valence-corrected chi connectivity index (χ1v) is 5.47. The first-order valence-electron chi connectivity index (χ1n) is 3.51. The van der Waals surface area contributed by atoms with E-state index in [1.807, 2.05) is 0 Å². The molecule has 0 radical (unpaired) electrons. The number of anilines is 1. The third-order valence-electron chi connectivity index (χ3n) is 1.85. The van der Waals surface area contributed by atoms with Gasteiger partial charge < -0.3 is 5.32 Å². The Morgan fingerprint density at radius 2 is 2.08 bits per heavy atom. The number of carbonyl (C=O) groups is 1. The van der Waals surface area contributed by atoms with E-state index < -0.39 is 3.23 Å². The molecular formula is C8H4Br2ClNO. The van der Waals surface area contributed by atoms with Crippen LogP contribution < -0.4 is 5.32 Å². The second-order valence-corrected chi connectivity index (χ2v) is 6.60. The summed E-state index contributed by atoms with van der Waals surface area (Å²) < 4.78 is -0.806. The molecule has 1 aromatic rings. The summed E-state index contributed by atoms with van der Waals surface area (Å²) >= 11 is 12.4. The summed E-state index contributed by atoms with van der Waals surface area (Å²) in [6.45, 7) is 0. The lowest BCUT2D eigenvalue weighted by molar-refractivity contribution is -0.115. The molecule has 68 valence electrons. The lowest BCUT2D eigenvalue weighted by Gasteiger charge is -2.09. The van der Waals surface area contributed by atoms with Crippen LogP contribution in [-0.4, -0.2) is 5.91 Å². The van der Waals surface area contributed by atoms with Crippen molar-refractivity contribution in [1.82, 2.24) is 0 Å². The lowest BCUT2D eigenvalue weighted by Crippen LogP contribution is -2.20. The normalized spacial score (nSPS) is 18.2. The van der Waals surface area contributed by atoms with Gasteiger partial charge in [-0.05, 0) is 12.1 Å². The number of benzene rings is 1. The van der Waals surface area contributed by atoms with Gasteiger partial charge in [-0.3, -0.25) is 4.79 Å². The monoisotopic (exact) mass is 323 g/mol. The van der Waals surface area contributed by atoms with Crippen LogP contribution in [0.25, 0.3) is 0 Å². The molecule has 2 rings (SSSR count). The Kier molecular flexibility index (Phi) is 2.17. The van der Waals surface area contributed by atoms with Crippen LogP contribution in [0.5, 0.6) is 0 Å². The minimum atomic E-state index is -0.806. The predicted octanol–water partition coefficient (Wildman–Crippen LogP) is 3.23. The molecule has 1 aliphatic rings. The highest BCUT2D eigenvalue weighted by Crippen LogP contribution is 2.47. The fourth-order valence-electron chi connectivity index (χ4n) is 1.22. The smallest absolute Gasteiger partial charge is 0.256 e. The Morgan fingerprint density at radius 1 is 1.38 bits per heavy atom. The molecule has 0 fully saturated rings. The van der Waals surface area contributed by atoms with Crippen molar-refractivity contribution in [3.8, 4) is 0 Å². The zero-order valence-corrected chi connectivity index (χ0v) is 10.2. The molecule has 0 spiro atoms. The average molecular weight is 325 g/mol. The van der Waals surface area contributed by atoms with Gasteiger partial charge >= 0.3 is 0 Å². The van der Waals surface area contributed by atoms with E-state index in [0.29, 0.717) is 5.02 Å². The maximum atomic E-state index is 11.4. The third kappa shape index (κ3) is 1.41. The SMILES string of the molecule is O=C1Nc2cc(Cl)ccc2C1(Br)Br. The summed E-state index contributed by atoms with van der Waals surface area (Å²) in [5, 5.41) is 3.32. The average Bonchev–Trinajstić information content (AvgIpc) is 2.23. The molecule has 1 amide bonds. The summed E-state index contributed by atoms with van der Waals surface area (Å²) in [6.07, 6.45) is 0. The zero-order valence-electron chi connectivity index (χ0n) is 6.27. The summed E-state index contributed by atoms with van der Waals surface area (Å²) in [5.41, 5.74) is 1.59. The molecule has 0 saturated carbocycles. The molecule has 0 unspecified atom stereocenters. The van der Waals surface area contributed by atoms with Crippen molar-refractivity contribution in [1.29, 1.82) is 0 Å². The second-order valence-electron chi connectivity index (χ2n) is 2.72. The van der Waals surface area contributed by atoms with Gasteiger partial charge in [-0.2, -0.15) is 0 Å². The topological polar surface area (TPSA) is 29.1 Å². The van der Waals surface area contributed by atoms with Crippen LogP contribution in [0.3, 0.4) is 0 Å². The standard InChI is InChI=1S/C8H4Br2ClNO/c9-8(10)5-2-1-4(11)3-6(5)12-7(8)13/h1-3H,(H,12,13). The number of carbonyl (C=O) groups excluding carboxylic acids is 1. The van der Waals surface area contributed by atoms with Crippen molar-refractivity contribution >= 4 is 55.1 Å². The summed E-state index contributed by atoms with van der Waals surface area (Å²) in [6, 6.07) is 5.27. The highest BCUT2D eigenvalue weighted by atomic mass is 79.9. The fraction of sp³-hybridized carbons (Fsp3) is 0.125. The quantitative estimate of drug-likeness (QED) is 0.729. The van der Waals surface area contributed by atoms with Crippen LogP contribution in [0, 0.1) is 0 Å². The number of rotatable bonds is 0. The Hall–Kier alpha value is -0.0600. The van der Waals surface area contributed by atoms with Crippen LogP contribution in [0.15, 0.2) is 18.2 Å². The molecule has 1 heterocycles. The number of nitrogens with one attached hydrogen (secondary N) is 1. The van der Waals surface area contributed by atoms with Crippen LogP contribution in [0.2, 0.25) is 5.02 Å². The van der Waals surface area contributed by atoms with E-state index in [-0.39, 0.29) is 5.91 Å². The molecule has 2 nitrogen and oxygen atoms in total. The lowest BCUT2D eigenvalue weighted by atomic mass is 10.2. The molecule has 0 saturated heterocycles. The fourth-order valence-corrected chi connectivity index (χ4v) is 2.28. The highest BCUT2D eigenvalue weighted by Gasteiger charge is 2.42. The number of fused-ring (bicyclic) bond motifs is 1. The summed E-state index contributed by atoms with van der Waals surface area (Å²) in [5.74, 6) is -0.134. The van der Waals surface area contributed by atoms with Crippen LogP contribution in [0.4, 0.5) is 5.69 Å². The summed E-state index contributed by atoms with van der Waals surface area (Å²) in [7, 11) is 0. The highest BCUT2D eigenvalue weighted by molar-refractivity contribution is 9.25. The van der Waals surface area contributed by atoms with Gasteiger partial charge in [-0.25, -0.2) is 0 Å². The third-order valence-corrected chi connectivity index (χ3v) is 3.66. The van der Waals surface area contributed by atoms with Gasteiger partial charge in [0, 0.05) is 16.3 Å². The van der Waals surface area contributed by atoms with Gasteiger partial charge in [0.05, 0.1) is 0 Å². The van der Waals surface area contributed by atoms with Crippen molar-refractivity contribution in [2.45, 2.75) is 3.23 Å². The Bertz CT molecular complexity index is 392. The van der Waals surface area contributed by atoms with Gasteiger partial charge in [-0.1, -0.05) is 49.5 Å². The summed E-state index contributed by atoms with van der Waals surface area (Å²) in [4.78, 5) is 11.4. The van der Waals surface area contributed by atoms with Crippen molar-refractivity contribution in [3.63, 3.8) is 0 Å². The van der Waals surface area contributed by atoms with Crippen molar-refractivity contribution in [3.05, 3.63) is 28.8 Å². The molecule has 13 heavy (non-hydrogen) atoms. The van der Waals surface area contributed by atoms with E-state index >= 15 is 0 Å². The van der Waals surface area contributed by atoms with Crippen LogP contribution >= 0.6 is 43.5 Å². The molecule has 0 aromatic heterocycles. The molecule has 0 bridgehead atoms. The van der Waals surface area contributed by atoms with Gasteiger partial charge in [0.2, 0.25) is 0 Å². The van der Waals surface area contributed by atoms with Crippen LogP contribution in [-0.2, 0) is 8.03 Å². The van der Waals surface area contributed by atoms with E-state index in [1.54, 1.807) is 18.2 Å². The Morgan fingerprint density at radius 3 is 2.77 bits per heavy atom. The van der Waals surface area contributed by atoms with E-state index in [1.165, 1.54) is 0 Å². The molecule has 5 heteroatoms. The molecule has 1 aromatic carbocycles. The Balaban J connectivity index is 2.62. The predicted molar refractivity (Wildman–Crippen MR) is 59.6 cm³/mol. The van der Waals surface area contributed by atoms with E-state index in [9.17, 15) is 4.79 Å². The number of halogens is 3. The number of alkyl halides is 2. The van der Waals surface area contributed by atoms with Crippen molar-refractivity contribution < 1.29 is 4.79 Å². The van der Waals surface area contributed by atoms with Crippen LogP contribution in [0.1, 0.15) is 5.56 Å². The maximum absolute atomic E-state index is 11.4. The number of amides is 1. The minimum absolute atomic E-state index is 0.134. The van der Waals surface area contributed by atoms with Crippen molar-refractivity contribution in [2.75, 3.05) is 5.32 Å². The molecular weight excluding hydrogens is 321 g/mol. The number of hydrogen-bond acceptors (Lipinski definition) is 1. The molecule has 1 N–H and O–H groups in total. The van der Waals surface area contributed by atoms with Gasteiger partial charge in [0.1, 0.15) is 0 Å². The zero-order chi connectivity index (χ0) is 9.64. The number of hydrogen-bond donors (Lipinski definition) is 1. The largest absolute Gasteiger partial charge is 0.323 e. The molecule has 0 atom stereocenters. The second kappa shape index (κ2) is 2.97.